The molecule has 1 heterocycles. The number of aromatic amines is 1. The van der Waals surface area contributed by atoms with Crippen molar-refractivity contribution in [1.82, 2.24) is 20.9 Å². The van der Waals surface area contributed by atoms with Gasteiger partial charge in [-0.3, -0.25) is 19.2 Å². The largest absolute Gasteiger partial charge is 0.480 e. The normalized spacial score (nSPS) is 14.2. The van der Waals surface area contributed by atoms with E-state index in [9.17, 15) is 29.1 Å². The maximum Gasteiger partial charge on any atom is 0.326 e. The number of H-pyrrole nitrogens is 1. The Labute approximate surface area is 233 Å². The number of rotatable bonds is 17. The Morgan fingerprint density at radius 1 is 0.925 bits per heavy atom. The molecule has 0 aliphatic carbocycles. The third-order valence-corrected chi connectivity index (χ3v) is 6.39. The summed E-state index contributed by atoms with van der Waals surface area (Å²) in [5, 5.41) is 18.2. The van der Waals surface area contributed by atoms with Crippen LogP contribution in [0.25, 0.3) is 10.9 Å². The smallest absolute Gasteiger partial charge is 0.326 e. The molecule has 13 nitrogen and oxygen atoms in total. The molecule has 0 saturated carbocycles. The van der Waals surface area contributed by atoms with Gasteiger partial charge in [0.25, 0.3) is 0 Å². The highest BCUT2D eigenvalue weighted by Gasteiger charge is 2.31. The molecule has 4 atom stereocenters. The number of nitrogens with two attached hydrogens (primary N) is 3. The molecule has 13 heteroatoms. The lowest BCUT2D eigenvalue weighted by Crippen LogP contribution is -2.58. The van der Waals surface area contributed by atoms with Crippen molar-refractivity contribution >= 4 is 40.5 Å². The van der Waals surface area contributed by atoms with Crippen LogP contribution in [0.4, 0.5) is 0 Å². The first-order valence-electron chi connectivity index (χ1n) is 13.4. The minimum absolute atomic E-state index is 0.00263. The quantitative estimate of drug-likeness (QED) is 0.119. The Kier molecular flexibility index (Phi) is 12.6. The Bertz CT molecular complexity index is 1180. The number of aliphatic carboxylic acids is 1. The number of nitrogens with one attached hydrogen (secondary N) is 4. The number of para-hydroxylation sites is 1. The van der Waals surface area contributed by atoms with E-state index in [1.807, 2.05) is 38.1 Å². The summed E-state index contributed by atoms with van der Waals surface area (Å²) in [6, 6.07) is 2.66. The fourth-order valence-electron chi connectivity index (χ4n) is 4.33. The first-order valence-corrected chi connectivity index (χ1v) is 13.4. The zero-order valence-corrected chi connectivity index (χ0v) is 22.9. The van der Waals surface area contributed by atoms with E-state index in [0.29, 0.717) is 31.4 Å². The molecule has 2 rings (SSSR count). The van der Waals surface area contributed by atoms with Gasteiger partial charge in [0.15, 0.2) is 0 Å². The van der Waals surface area contributed by atoms with Crippen molar-refractivity contribution in [3.8, 4) is 0 Å². The molecule has 4 amide bonds. The zero-order chi connectivity index (χ0) is 29.8. The number of carbonyl (C=O) groups is 5. The molecule has 0 fully saturated rings. The average molecular weight is 560 g/mol. The number of carboxylic acids is 1. The van der Waals surface area contributed by atoms with Gasteiger partial charge in [-0.1, -0.05) is 32.0 Å². The molecular formula is C27H41N7O6. The van der Waals surface area contributed by atoms with Crippen LogP contribution >= 0.6 is 0 Å². The van der Waals surface area contributed by atoms with Gasteiger partial charge in [0, 0.05) is 23.5 Å². The maximum absolute atomic E-state index is 13.2. The minimum atomic E-state index is -1.37. The summed E-state index contributed by atoms with van der Waals surface area (Å²) in [6.07, 6.45) is 2.70. The second-order valence-corrected chi connectivity index (χ2v) is 10.3. The number of carboxylic acid groups (broad SMARTS) is 1. The minimum Gasteiger partial charge on any atom is -0.480 e. The molecule has 0 radical (unpaired) electrons. The third kappa shape index (κ3) is 9.97. The van der Waals surface area contributed by atoms with E-state index in [1.165, 1.54) is 0 Å². The SMILES string of the molecule is CC(C)CC(N)C(=O)NC(CC(N)=O)C(=O)NC(CCCCN)C(=O)NC(Cc1c[nH]c2ccccc12)C(=O)O. The molecule has 4 unspecified atom stereocenters. The summed E-state index contributed by atoms with van der Waals surface area (Å²) in [5.41, 5.74) is 18.3. The van der Waals surface area contributed by atoms with Crippen molar-refractivity contribution in [3.63, 3.8) is 0 Å². The zero-order valence-electron chi connectivity index (χ0n) is 22.9. The number of hydrogen-bond acceptors (Lipinski definition) is 7. The molecule has 0 aliphatic heterocycles. The predicted octanol–water partition coefficient (Wildman–Crippen LogP) is -0.373. The summed E-state index contributed by atoms with van der Waals surface area (Å²) in [7, 11) is 0. The van der Waals surface area contributed by atoms with Gasteiger partial charge in [-0.15, -0.1) is 0 Å². The van der Waals surface area contributed by atoms with Crippen molar-refractivity contribution in [2.45, 2.75) is 76.5 Å². The topological polar surface area (TPSA) is 236 Å². The summed E-state index contributed by atoms with van der Waals surface area (Å²) in [6.45, 7) is 4.12. The average Bonchev–Trinajstić information content (AvgIpc) is 3.29. The van der Waals surface area contributed by atoms with Crippen LogP contribution in [0.1, 0.15) is 51.5 Å². The van der Waals surface area contributed by atoms with Gasteiger partial charge in [0.1, 0.15) is 18.1 Å². The van der Waals surface area contributed by atoms with E-state index in [4.69, 9.17) is 17.2 Å². The third-order valence-electron chi connectivity index (χ3n) is 6.39. The van der Waals surface area contributed by atoms with Crippen LogP contribution in [0.2, 0.25) is 0 Å². The molecule has 2 aromatic rings. The Balaban J connectivity index is 2.18. The number of hydrogen-bond donors (Lipinski definition) is 8. The summed E-state index contributed by atoms with van der Waals surface area (Å²) >= 11 is 0. The highest BCUT2D eigenvalue weighted by molar-refractivity contribution is 5.96. The van der Waals surface area contributed by atoms with Crippen molar-refractivity contribution < 1.29 is 29.1 Å². The number of amides is 4. The molecule has 1 aromatic carbocycles. The number of unbranched alkanes of at least 4 members (excludes halogenated alkanes) is 1. The highest BCUT2D eigenvalue weighted by atomic mass is 16.4. The monoisotopic (exact) mass is 559 g/mol. The van der Waals surface area contributed by atoms with Crippen LogP contribution in [0.3, 0.4) is 0 Å². The number of benzene rings is 1. The lowest BCUT2D eigenvalue weighted by molar-refractivity contribution is -0.142. The van der Waals surface area contributed by atoms with Gasteiger partial charge < -0.3 is 43.2 Å². The predicted molar refractivity (Wildman–Crippen MR) is 150 cm³/mol. The van der Waals surface area contributed by atoms with Crippen LogP contribution < -0.4 is 33.2 Å². The molecule has 220 valence electrons. The standard InChI is InChI=1S/C27H41N7O6/c1-15(2)11-18(29)24(36)33-21(13-23(30)35)26(38)32-20(9-5-6-10-28)25(37)34-22(27(39)40)12-16-14-31-19-8-4-3-7-17(16)19/h3-4,7-8,14-15,18,20-22,31H,5-6,9-13,28-29H2,1-2H3,(H2,30,35)(H,32,38)(H,33,36)(H,34,37)(H,39,40). The van der Waals surface area contributed by atoms with E-state index in [-0.39, 0.29) is 18.8 Å². The Morgan fingerprint density at radius 3 is 2.17 bits per heavy atom. The van der Waals surface area contributed by atoms with Crippen molar-refractivity contribution in [2.75, 3.05) is 6.54 Å². The van der Waals surface area contributed by atoms with E-state index >= 15 is 0 Å². The van der Waals surface area contributed by atoms with Crippen LogP contribution in [0.5, 0.6) is 0 Å². The van der Waals surface area contributed by atoms with E-state index in [0.717, 1.165) is 10.9 Å². The van der Waals surface area contributed by atoms with Gasteiger partial charge in [-0.05, 0) is 49.8 Å². The molecule has 0 saturated heterocycles. The van der Waals surface area contributed by atoms with Crippen molar-refractivity contribution in [2.24, 2.45) is 23.1 Å². The van der Waals surface area contributed by atoms with Crippen LogP contribution in [-0.2, 0) is 30.4 Å². The molecular weight excluding hydrogens is 518 g/mol. The summed E-state index contributed by atoms with van der Waals surface area (Å²) in [5.74, 6) is -4.15. The fourth-order valence-corrected chi connectivity index (χ4v) is 4.33. The van der Waals surface area contributed by atoms with Crippen LogP contribution in [0.15, 0.2) is 30.5 Å². The van der Waals surface area contributed by atoms with Crippen molar-refractivity contribution in [3.05, 3.63) is 36.0 Å². The molecule has 1 aromatic heterocycles. The Morgan fingerprint density at radius 2 is 1.55 bits per heavy atom. The van der Waals surface area contributed by atoms with Crippen LogP contribution in [0, 0.1) is 5.92 Å². The van der Waals surface area contributed by atoms with Crippen LogP contribution in [-0.4, -0.2) is 70.4 Å². The van der Waals surface area contributed by atoms with Gasteiger partial charge in [-0.25, -0.2) is 4.79 Å². The molecule has 0 aliphatic rings. The first kappa shape index (κ1) is 32.2. The number of fused-ring (bicyclic) bond motifs is 1. The lowest BCUT2D eigenvalue weighted by atomic mass is 10.0. The van der Waals surface area contributed by atoms with Gasteiger partial charge in [-0.2, -0.15) is 0 Å². The second-order valence-electron chi connectivity index (χ2n) is 10.3. The van der Waals surface area contributed by atoms with E-state index in [2.05, 4.69) is 20.9 Å². The van der Waals surface area contributed by atoms with E-state index in [1.54, 1.807) is 6.20 Å². The first-order chi connectivity index (χ1) is 18.9. The van der Waals surface area contributed by atoms with Crippen molar-refractivity contribution in [1.29, 1.82) is 0 Å². The lowest BCUT2D eigenvalue weighted by Gasteiger charge is -2.25. The second kappa shape index (κ2) is 15.6. The van der Waals surface area contributed by atoms with Gasteiger partial charge in [0.2, 0.25) is 23.6 Å². The van der Waals surface area contributed by atoms with E-state index < -0.39 is 60.2 Å². The summed E-state index contributed by atoms with van der Waals surface area (Å²) in [4.78, 5) is 65.7. The molecule has 0 bridgehead atoms. The van der Waals surface area contributed by atoms with Gasteiger partial charge >= 0.3 is 5.97 Å². The molecule has 40 heavy (non-hydrogen) atoms. The number of primary amides is 1. The molecule has 0 spiro atoms. The van der Waals surface area contributed by atoms with Gasteiger partial charge in [0.05, 0.1) is 12.5 Å². The fraction of sp³-hybridized carbons (Fsp3) is 0.519. The molecule has 11 N–H and O–H groups in total. The number of aromatic nitrogens is 1. The Hall–Kier alpha value is -3.97. The maximum atomic E-state index is 13.2. The summed E-state index contributed by atoms with van der Waals surface area (Å²) < 4.78 is 0. The highest BCUT2D eigenvalue weighted by Crippen LogP contribution is 2.19. The number of carbonyl (C=O) groups excluding carboxylic acids is 4.